The van der Waals surface area contributed by atoms with Crippen LogP contribution in [0, 0.1) is 0 Å². The smallest absolute Gasteiger partial charge is 0.409 e. The van der Waals surface area contributed by atoms with Crippen molar-refractivity contribution in [1.29, 1.82) is 0 Å². The van der Waals surface area contributed by atoms with Gasteiger partial charge in [0.15, 0.2) is 0 Å². The number of halogens is 3. The van der Waals surface area contributed by atoms with Gasteiger partial charge in [0, 0.05) is 18.9 Å². The number of alkyl carbamates (subject to hydrolysis) is 1. The highest BCUT2D eigenvalue weighted by atomic mass is 19.4. The Labute approximate surface area is 199 Å². The van der Waals surface area contributed by atoms with E-state index in [1.807, 2.05) is 48.5 Å². The topological polar surface area (TPSA) is 114 Å². The summed E-state index contributed by atoms with van der Waals surface area (Å²) < 4.78 is 48.8. The molecular weight excluding hydrogens is 469 g/mol. The molecular formula is C24H25F3N2O6. The number of hydrogen-bond donors (Lipinski definition) is 3. The summed E-state index contributed by atoms with van der Waals surface area (Å²) >= 11 is 0. The summed E-state index contributed by atoms with van der Waals surface area (Å²) in [5.74, 6) is -2.74. The van der Waals surface area contributed by atoms with Crippen molar-refractivity contribution in [1.82, 2.24) is 10.6 Å². The molecule has 1 aliphatic carbocycles. The third kappa shape index (κ3) is 7.19. The molecule has 11 heteroatoms. The van der Waals surface area contributed by atoms with Gasteiger partial charge in [-0.1, -0.05) is 48.5 Å². The fraction of sp³-hybridized carbons (Fsp3) is 0.375. The number of benzene rings is 2. The van der Waals surface area contributed by atoms with Gasteiger partial charge in [-0.25, -0.2) is 4.79 Å². The fourth-order valence-electron chi connectivity index (χ4n) is 3.83. The van der Waals surface area contributed by atoms with Crippen LogP contribution in [0.15, 0.2) is 48.5 Å². The summed E-state index contributed by atoms with van der Waals surface area (Å²) in [5.41, 5.74) is 4.39. The summed E-state index contributed by atoms with van der Waals surface area (Å²) in [6.07, 6.45) is -7.17. The molecule has 1 aliphatic rings. The lowest BCUT2D eigenvalue weighted by Gasteiger charge is -2.19. The molecule has 0 saturated carbocycles. The van der Waals surface area contributed by atoms with Gasteiger partial charge in [-0.05, 0) is 22.3 Å². The Bertz CT molecular complexity index is 1010. The van der Waals surface area contributed by atoms with E-state index < -0.39 is 43.0 Å². The van der Waals surface area contributed by atoms with Crippen LogP contribution in [0.2, 0.25) is 0 Å². The maximum Gasteiger partial charge on any atom is 0.409 e. The molecule has 0 fully saturated rings. The molecule has 2 aromatic carbocycles. The van der Waals surface area contributed by atoms with E-state index in [1.54, 1.807) is 5.32 Å². The van der Waals surface area contributed by atoms with E-state index in [-0.39, 0.29) is 32.3 Å². The number of carboxylic acids is 1. The molecule has 0 saturated heterocycles. The highest BCUT2D eigenvalue weighted by Gasteiger charge is 2.41. The Kier molecular flexibility index (Phi) is 8.69. The Balaban J connectivity index is 1.34. The Hall–Kier alpha value is -3.60. The van der Waals surface area contributed by atoms with Crippen molar-refractivity contribution in [3.63, 3.8) is 0 Å². The van der Waals surface area contributed by atoms with Gasteiger partial charge in [0.25, 0.3) is 0 Å². The van der Waals surface area contributed by atoms with Crippen molar-refractivity contribution in [2.75, 3.05) is 26.4 Å². The van der Waals surface area contributed by atoms with Crippen molar-refractivity contribution in [2.24, 2.45) is 0 Å². The molecule has 2 aromatic rings. The standard InChI is InChI=1S/C24H25F3N2O6/c25-24(26,27)20(13-22(31)32)29-21(30)9-11-34-12-10-28-23(33)35-14-19-17-7-3-1-5-15(17)16-6-2-4-8-18(16)19/h1-8,19-20H,9-14H2,(H,28,33)(H,29,30)(H,31,32). The molecule has 1 unspecified atom stereocenters. The van der Waals surface area contributed by atoms with Gasteiger partial charge >= 0.3 is 18.2 Å². The van der Waals surface area contributed by atoms with Gasteiger partial charge in [-0.15, -0.1) is 0 Å². The van der Waals surface area contributed by atoms with E-state index in [1.165, 1.54) is 0 Å². The second kappa shape index (κ2) is 11.7. The molecule has 0 radical (unpaired) electrons. The van der Waals surface area contributed by atoms with Crippen LogP contribution in [-0.2, 0) is 19.1 Å². The number of ether oxygens (including phenoxy) is 2. The number of aliphatic carboxylic acids is 1. The van der Waals surface area contributed by atoms with Crippen molar-refractivity contribution in [3.05, 3.63) is 59.7 Å². The maximum atomic E-state index is 12.8. The minimum absolute atomic E-state index is 0.00923. The first-order valence-electron chi connectivity index (χ1n) is 10.9. The molecule has 3 N–H and O–H groups in total. The highest BCUT2D eigenvalue weighted by molar-refractivity contribution is 5.79. The van der Waals surface area contributed by atoms with Crippen molar-refractivity contribution >= 4 is 18.0 Å². The average Bonchev–Trinajstić information content (AvgIpc) is 3.12. The fourth-order valence-corrected chi connectivity index (χ4v) is 3.83. The zero-order chi connectivity index (χ0) is 25.4. The minimum atomic E-state index is -4.87. The molecule has 0 aliphatic heterocycles. The monoisotopic (exact) mass is 494 g/mol. The van der Waals surface area contributed by atoms with Crippen LogP contribution in [0.4, 0.5) is 18.0 Å². The summed E-state index contributed by atoms with van der Waals surface area (Å²) in [4.78, 5) is 34.2. The molecule has 8 nitrogen and oxygen atoms in total. The number of nitrogens with one attached hydrogen (secondary N) is 2. The lowest BCUT2D eigenvalue weighted by molar-refractivity contribution is -0.170. The first-order chi connectivity index (χ1) is 16.7. The van der Waals surface area contributed by atoms with Gasteiger partial charge in [0.05, 0.1) is 19.6 Å². The molecule has 2 amide bonds. The summed E-state index contributed by atoms with van der Waals surface area (Å²) in [6, 6.07) is 13.4. The van der Waals surface area contributed by atoms with E-state index in [4.69, 9.17) is 14.6 Å². The normalized spacial score (nSPS) is 13.5. The van der Waals surface area contributed by atoms with Gasteiger partial charge in [-0.2, -0.15) is 13.2 Å². The van der Waals surface area contributed by atoms with Crippen LogP contribution in [0.1, 0.15) is 29.9 Å². The number of carbonyl (C=O) groups excluding carboxylic acids is 2. The van der Waals surface area contributed by atoms with E-state index in [2.05, 4.69) is 5.32 Å². The molecule has 188 valence electrons. The van der Waals surface area contributed by atoms with E-state index in [9.17, 15) is 27.6 Å². The first-order valence-corrected chi connectivity index (χ1v) is 10.9. The van der Waals surface area contributed by atoms with Crippen LogP contribution >= 0.6 is 0 Å². The number of carboxylic acid groups (broad SMARTS) is 1. The average molecular weight is 494 g/mol. The predicted molar refractivity (Wildman–Crippen MR) is 119 cm³/mol. The second-order valence-corrected chi connectivity index (χ2v) is 7.87. The van der Waals surface area contributed by atoms with Crippen molar-refractivity contribution < 1.29 is 42.1 Å². The molecule has 35 heavy (non-hydrogen) atoms. The quantitative estimate of drug-likeness (QED) is 0.413. The van der Waals surface area contributed by atoms with Crippen molar-refractivity contribution in [3.8, 4) is 11.1 Å². The summed E-state index contributed by atoms with van der Waals surface area (Å²) in [6.45, 7) is 0.0330. The van der Waals surface area contributed by atoms with E-state index in [0.717, 1.165) is 22.3 Å². The largest absolute Gasteiger partial charge is 0.481 e. The second-order valence-electron chi connectivity index (χ2n) is 7.87. The first kappa shape index (κ1) is 26.0. The number of amides is 2. The van der Waals surface area contributed by atoms with Crippen LogP contribution in [0.5, 0.6) is 0 Å². The number of fused-ring (bicyclic) bond motifs is 3. The van der Waals surface area contributed by atoms with Crippen LogP contribution in [-0.4, -0.2) is 61.7 Å². The van der Waals surface area contributed by atoms with Crippen LogP contribution in [0.25, 0.3) is 11.1 Å². The highest BCUT2D eigenvalue weighted by Crippen LogP contribution is 2.44. The molecule has 1 atom stereocenters. The number of carbonyl (C=O) groups is 3. The predicted octanol–water partition coefficient (Wildman–Crippen LogP) is 3.45. The SMILES string of the molecule is O=C(O)CC(NC(=O)CCOCCNC(=O)OCC1c2ccccc2-c2ccccc21)C(F)(F)F. The molecule has 3 rings (SSSR count). The Morgan fingerprint density at radius 2 is 1.57 bits per heavy atom. The Morgan fingerprint density at radius 1 is 0.971 bits per heavy atom. The molecule has 0 spiro atoms. The number of rotatable bonds is 11. The lowest BCUT2D eigenvalue weighted by Crippen LogP contribution is -2.46. The maximum absolute atomic E-state index is 12.8. The van der Waals surface area contributed by atoms with E-state index >= 15 is 0 Å². The van der Waals surface area contributed by atoms with E-state index in [0.29, 0.717) is 0 Å². The Morgan fingerprint density at radius 3 is 2.14 bits per heavy atom. The number of alkyl halides is 3. The zero-order valence-electron chi connectivity index (χ0n) is 18.6. The summed E-state index contributed by atoms with van der Waals surface area (Å²) in [5, 5.41) is 12.7. The molecule has 0 heterocycles. The molecule has 0 aromatic heterocycles. The third-order valence-electron chi connectivity index (χ3n) is 5.44. The van der Waals surface area contributed by atoms with Crippen LogP contribution in [0.3, 0.4) is 0 Å². The van der Waals surface area contributed by atoms with Gasteiger partial charge in [0.1, 0.15) is 12.6 Å². The zero-order valence-corrected chi connectivity index (χ0v) is 18.6. The van der Waals surface area contributed by atoms with Crippen LogP contribution < -0.4 is 10.6 Å². The number of hydrogen-bond acceptors (Lipinski definition) is 5. The van der Waals surface area contributed by atoms with Gasteiger partial charge in [0.2, 0.25) is 5.91 Å². The van der Waals surface area contributed by atoms with Crippen molar-refractivity contribution in [2.45, 2.75) is 31.0 Å². The minimum Gasteiger partial charge on any atom is -0.481 e. The summed E-state index contributed by atoms with van der Waals surface area (Å²) in [7, 11) is 0. The molecule has 0 bridgehead atoms. The third-order valence-corrected chi connectivity index (χ3v) is 5.44. The van der Waals surface area contributed by atoms with Gasteiger partial charge in [-0.3, -0.25) is 9.59 Å². The lowest BCUT2D eigenvalue weighted by atomic mass is 9.98. The van der Waals surface area contributed by atoms with Gasteiger partial charge < -0.3 is 25.2 Å².